The molecular formula is C24H23N3O3S. The maximum absolute atomic E-state index is 13.0. The number of amides is 2. The normalized spacial score (nSPS) is 10.1. The van der Waals surface area contributed by atoms with Gasteiger partial charge in [0.05, 0.1) is 7.11 Å². The van der Waals surface area contributed by atoms with Crippen LogP contribution in [0.25, 0.3) is 0 Å². The van der Waals surface area contributed by atoms with Crippen LogP contribution >= 0.6 is 12.2 Å². The molecule has 0 unspecified atom stereocenters. The molecule has 0 heterocycles. The first-order valence-electron chi connectivity index (χ1n) is 9.75. The van der Waals surface area contributed by atoms with Gasteiger partial charge in [0.25, 0.3) is 11.8 Å². The van der Waals surface area contributed by atoms with Gasteiger partial charge < -0.3 is 15.0 Å². The molecule has 2 amide bonds. The summed E-state index contributed by atoms with van der Waals surface area (Å²) in [5, 5.41) is 5.74. The van der Waals surface area contributed by atoms with E-state index < -0.39 is 0 Å². The van der Waals surface area contributed by atoms with Gasteiger partial charge in [0.1, 0.15) is 5.75 Å². The molecule has 0 bridgehead atoms. The molecule has 0 saturated heterocycles. The van der Waals surface area contributed by atoms with Gasteiger partial charge >= 0.3 is 0 Å². The third-order valence-electron chi connectivity index (χ3n) is 4.58. The van der Waals surface area contributed by atoms with Crippen molar-refractivity contribution in [3.05, 3.63) is 90.0 Å². The van der Waals surface area contributed by atoms with Crippen molar-refractivity contribution in [3.63, 3.8) is 0 Å². The van der Waals surface area contributed by atoms with E-state index in [-0.39, 0.29) is 16.9 Å². The molecule has 0 aliphatic heterocycles. The van der Waals surface area contributed by atoms with Crippen molar-refractivity contribution in [1.29, 1.82) is 0 Å². The summed E-state index contributed by atoms with van der Waals surface area (Å²) < 4.78 is 5.09. The van der Waals surface area contributed by atoms with E-state index >= 15 is 0 Å². The standard InChI is InChI=1S/C24H23N3O3S/c1-3-27(20-10-5-4-6-11-20)23(29)18-8-7-9-19(16-18)25-24(31)26-22(28)17-12-14-21(30-2)15-13-17/h4-16H,3H2,1-2H3,(H2,25,26,28,31). The molecule has 0 spiro atoms. The van der Waals surface area contributed by atoms with E-state index in [4.69, 9.17) is 17.0 Å². The highest BCUT2D eigenvalue weighted by Gasteiger charge is 2.16. The molecule has 31 heavy (non-hydrogen) atoms. The largest absolute Gasteiger partial charge is 0.497 e. The molecule has 0 fully saturated rings. The Morgan fingerprint density at radius 2 is 1.65 bits per heavy atom. The second-order valence-electron chi connectivity index (χ2n) is 6.60. The summed E-state index contributed by atoms with van der Waals surface area (Å²) >= 11 is 5.26. The molecule has 0 atom stereocenters. The van der Waals surface area contributed by atoms with Crippen LogP contribution in [0.1, 0.15) is 27.6 Å². The van der Waals surface area contributed by atoms with Gasteiger partial charge in [-0.2, -0.15) is 0 Å². The van der Waals surface area contributed by atoms with Crippen molar-refractivity contribution in [2.24, 2.45) is 0 Å². The number of nitrogens with zero attached hydrogens (tertiary/aromatic N) is 1. The minimum atomic E-state index is -0.339. The van der Waals surface area contributed by atoms with Crippen LogP contribution in [0, 0.1) is 0 Å². The Bertz CT molecular complexity index is 1070. The van der Waals surface area contributed by atoms with Crippen molar-refractivity contribution >= 4 is 40.5 Å². The van der Waals surface area contributed by atoms with Crippen LogP contribution in [-0.4, -0.2) is 30.6 Å². The van der Waals surface area contributed by atoms with Crippen molar-refractivity contribution < 1.29 is 14.3 Å². The Kier molecular flexibility index (Phi) is 7.35. The van der Waals surface area contributed by atoms with Gasteiger partial charge in [0.2, 0.25) is 0 Å². The van der Waals surface area contributed by atoms with Crippen molar-refractivity contribution in [2.75, 3.05) is 23.9 Å². The number of methoxy groups -OCH3 is 1. The quantitative estimate of drug-likeness (QED) is 0.561. The Balaban J connectivity index is 1.67. The maximum atomic E-state index is 13.0. The van der Waals surface area contributed by atoms with Crippen LogP contribution in [0.3, 0.4) is 0 Å². The number of para-hydroxylation sites is 1. The number of rotatable bonds is 6. The Labute approximate surface area is 186 Å². The summed E-state index contributed by atoms with van der Waals surface area (Å²) in [7, 11) is 1.56. The summed E-state index contributed by atoms with van der Waals surface area (Å²) in [4.78, 5) is 27.1. The summed E-state index contributed by atoms with van der Waals surface area (Å²) in [6.45, 7) is 2.47. The fourth-order valence-electron chi connectivity index (χ4n) is 3.02. The molecule has 0 aliphatic carbocycles. The van der Waals surface area contributed by atoms with Crippen molar-refractivity contribution in [1.82, 2.24) is 5.32 Å². The predicted octanol–water partition coefficient (Wildman–Crippen LogP) is 4.49. The van der Waals surface area contributed by atoms with E-state index in [0.29, 0.717) is 29.1 Å². The van der Waals surface area contributed by atoms with Crippen LogP contribution < -0.4 is 20.3 Å². The molecule has 0 aromatic heterocycles. The number of benzene rings is 3. The molecule has 0 saturated carbocycles. The monoisotopic (exact) mass is 433 g/mol. The lowest BCUT2D eigenvalue weighted by molar-refractivity contribution is 0.0973. The van der Waals surface area contributed by atoms with E-state index in [2.05, 4.69) is 10.6 Å². The van der Waals surface area contributed by atoms with Crippen LogP contribution in [-0.2, 0) is 0 Å². The van der Waals surface area contributed by atoms with E-state index in [1.165, 1.54) is 0 Å². The second-order valence-corrected chi connectivity index (χ2v) is 7.01. The highest BCUT2D eigenvalue weighted by molar-refractivity contribution is 7.80. The van der Waals surface area contributed by atoms with Gasteiger partial charge in [-0.05, 0) is 73.7 Å². The number of nitrogens with one attached hydrogen (secondary N) is 2. The number of ether oxygens (including phenoxy) is 1. The Morgan fingerprint density at radius 3 is 2.29 bits per heavy atom. The lowest BCUT2D eigenvalue weighted by Crippen LogP contribution is -2.34. The fraction of sp³-hybridized carbons (Fsp3) is 0.125. The third kappa shape index (κ3) is 5.67. The zero-order chi connectivity index (χ0) is 22.2. The highest BCUT2D eigenvalue weighted by Crippen LogP contribution is 2.19. The lowest BCUT2D eigenvalue weighted by Gasteiger charge is -2.21. The molecule has 0 aliphatic rings. The molecule has 6 nitrogen and oxygen atoms in total. The predicted molar refractivity (Wildman–Crippen MR) is 127 cm³/mol. The Morgan fingerprint density at radius 1 is 0.935 bits per heavy atom. The molecule has 158 valence electrons. The number of carbonyl (C=O) groups excluding carboxylic acids is 2. The zero-order valence-corrected chi connectivity index (χ0v) is 18.1. The fourth-order valence-corrected chi connectivity index (χ4v) is 3.23. The van der Waals surface area contributed by atoms with E-state index in [1.54, 1.807) is 60.5 Å². The van der Waals surface area contributed by atoms with Crippen LogP contribution in [0.15, 0.2) is 78.9 Å². The number of thiocarbonyl (C=S) groups is 1. The average molecular weight is 434 g/mol. The summed E-state index contributed by atoms with van der Waals surface area (Å²) in [6.07, 6.45) is 0. The lowest BCUT2D eigenvalue weighted by atomic mass is 10.1. The van der Waals surface area contributed by atoms with Gasteiger partial charge in [0, 0.05) is 29.0 Å². The summed E-state index contributed by atoms with van der Waals surface area (Å²) in [6, 6.07) is 23.2. The van der Waals surface area contributed by atoms with Crippen molar-refractivity contribution in [2.45, 2.75) is 6.92 Å². The minimum Gasteiger partial charge on any atom is -0.497 e. The van der Waals surface area contributed by atoms with Gasteiger partial charge in [-0.15, -0.1) is 0 Å². The molecule has 0 radical (unpaired) electrons. The van der Waals surface area contributed by atoms with Crippen LogP contribution in [0.5, 0.6) is 5.75 Å². The van der Waals surface area contributed by atoms with Crippen LogP contribution in [0.4, 0.5) is 11.4 Å². The van der Waals surface area contributed by atoms with Gasteiger partial charge in [-0.25, -0.2) is 0 Å². The van der Waals surface area contributed by atoms with E-state index in [9.17, 15) is 9.59 Å². The van der Waals surface area contributed by atoms with E-state index in [0.717, 1.165) is 5.69 Å². The smallest absolute Gasteiger partial charge is 0.258 e. The molecule has 3 aromatic carbocycles. The maximum Gasteiger partial charge on any atom is 0.258 e. The molecular weight excluding hydrogens is 410 g/mol. The minimum absolute atomic E-state index is 0.120. The highest BCUT2D eigenvalue weighted by atomic mass is 32.1. The average Bonchev–Trinajstić information content (AvgIpc) is 2.80. The third-order valence-corrected chi connectivity index (χ3v) is 4.78. The first kappa shape index (κ1) is 22.0. The van der Waals surface area contributed by atoms with Crippen molar-refractivity contribution in [3.8, 4) is 5.75 Å². The number of hydrogen-bond donors (Lipinski definition) is 2. The SMILES string of the molecule is CCN(C(=O)c1cccc(NC(=S)NC(=O)c2ccc(OC)cc2)c1)c1ccccc1. The van der Waals surface area contributed by atoms with Gasteiger partial charge in [0.15, 0.2) is 5.11 Å². The summed E-state index contributed by atoms with van der Waals surface area (Å²) in [5.41, 5.74) is 2.40. The van der Waals surface area contributed by atoms with Gasteiger partial charge in [-0.3, -0.25) is 14.9 Å². The number of carbonyl (C=O) groups is 2. The summed E-state index contributed by atoms with van der Waals surface area (Å²) in [5.74, 6) is 0.203. The zero-order valence-electron chi connectivity index (χ0n) is 17.3. The first-order valence-corrected chi connectivity index (χ1v) is 10.2. The molecule has 3 rings (SSSR count). The number of anilines is 2. The van der Waals surface area contributed by atoms with Gasteiger partial charge in [-0.1, -0.05) is 24.3 Å². The Hall–Kier alpha value is -3.71. The van der Waals surface area contributed by atoms with Crippen LogP contribution in [0.2, 0.25) is 0 Å². The van der Waals surface area contributed by atoms with E-state index in [1.807, 2.05) is 37.3 Å². The first-order chi connectivity index (χ1) is 15.0. The molecule has 2 N–H and O–H groups in total. The number of hydrogen-bond acceptors (Lipinski definition) is 4. The topological polar surface area (TPSA) is 70.7 Å². The molecule has 3 aromatic rings. The molecule has 7 heteroatoms. The second kappa shape index (κ2) is 10.4.